The summed E-state index contributed by atoms with van der Waals surface area (Å²) < 4.78 is 11.4. The summed E-state index contributed by atoms with van der Waals surface area (Å²) in [7, 11) is 0. The molecule has 1 saturated heterocycles. The highest BCUT2D eigenvalue weighted by Crippen LogP contribution is 2.25. The van der Waals surface area contributed by atoms with E-state index >= 15 is 0 Å². The summed E-state index contributed by atoms with van der Waals surface area (Å²) in [6.07, 6.45) is 2.19. The van der Waals surface area contributed by atoms with Crippen molar-refractivity contribution < 1.29 is 9.47 Å². The third kappa shape index (κ3) is 4.96. The first kappa shape index (κ1) is 17.8. The third-order valence-corrected chi connectivity index (χ3v) is 4.16. The van der Waals surface area contributed by atoms with Crippen molar-refractivity contribution >= 4 is 12.4 Å². The number of hydrogen-bond donors (Lipinski definition) is 1. The van der Waals surface area contributed by atoms with Crippen LogP contribution in [0, 0.1) is 5.92 Å². The van der Waals surface area contributed by atoms with Crippen LogP contribution in [0.2, 0.25) is 0 Å². The smallest absolute Gasteiger partial charge is 0.119 e. The average Bonchev–Trinajstić information content (AvgIpc) is 2.61. The molecule has 0 atom stereocenters. The first-order chi connectivity index (χ1) is 10.8. The monoisotopic (exact) mass is 333 g/mol. The Morgan fingerprint density at radius 2 is 1.70 bits per heavy atom. The van der Waals surface area contributed by atoms with E-state index in [1.807, 2.05) is 18.2 Å². The van der Waals surface area contributed by atoms with E-state index in [9.17, 15) is 0 Å². The number of rotatable bonds is 5. The maximum absolute atomic E-state index is 5.98. The topological polar surface area (TPSA) is 44.5 Å². The molecule has 4 heteroatoms. The highest BCUT2D eigenvalue weighted by molar-refractivity contribution is 5.85. The molecule has 23 heavy (non-hydrogen) atoms. The first-order valence-electron chi connectivity index (χ1n) is 7.95. The molecule has 124 valence electrons. The van der Waals surface area contributed by atoms with Crippen LogP contribution in [0.15, 0.2) is 48.5 Å². The number of benzene rings is 2. The number of halogens is 1. The lowest BCUT2D eigenvalue weighted by atomic mass is 10.0. The third-order valence-electron chi connectivity index (χ3n) is 4.16. The fourth-order valence-electron chi connectivity index (χ4n) is 2.77. The van der Waals surface area contributed by atoms with E-state index in [1.165, 1.54) is 11.1 Å². The van der Waals surface area contributed by atoms with Crippen LogP contribution in [0.1, 0.15) is 18.4 Å². The molecule has 2 aromatic carbocycles. The second kappa shape index (κ2) is 8.92. The lowest BCUT2D eigenvalue weighted by Crippen LogP contribution is -2.21. The zero-order chi connectivity index (χ0) is 15.2. The van der Waals surface area contributed by atoms with Gasteiger partial charge in [-0.15, -0.1) is 12.4 Å². The highest BCUT2D eigenvalue weighted by atomic mass is 35.5. The largest absolute Gasteiger partial charge is 0.493 e. The maximum Gasteiger partial charge on any atom is 0.119 e. The molecule has 0 bridgehead atoms. The van der Waals surface area contributed by atoms with Gasteiger partial charge in [0.1, 0.15) is 5.75 Å². The van der Waals surface area contributed by atoms with Gasteiger partial charge in [0.05, 0.1) is 6.61 Å². The Balaban J connectivity index is 0.00000192. The Hall–Kier alpha value is -1.55. The van der Waals surface area contributed by atoms with E-state index in [4.69, 9.17) is 15.2 Å². The molecule has 0 radical (unpaired) electrons. The molecule has 1 fully saturated rings. The molecule has 1 aliphatic rings. The molecule has 3 rings (SSSR count). The summed E-state index contributed by atoms with van der Waals surface area (Å²) in [6, 6.07) is 16.6. The molecular formula is C19H24ClNO2. The minimum atomic E-state index is 0. The number of hydrogen-bond acceptors (Lipinski definition) is 3. The minimum Gasteiger partial charge on any atom is -0.493 e. The highest BCUT2D eigenvalue weighted by Gasteiger charge is 2.14. The van der Waals surface area contributed by atoms with Crippen LogP contribution in [0.4, 0.5) is 0 Å². The van der Waals surface area contributed by atoms with Crippen LogP contribution in [-0.2, 0) is 11.3 Å². The van der Waals surface area contributed by atoms with E-state index in [0.717, 1.165) is 44.0 Å². The molecule has 0 aliphatic carbocycles. The molecule has 0 spiro atoms. The molecule has 2 N–H and O–H groups in total. The van der Waals surface area contributed by atoms with Gasteiger partial charge in [0.15, 0.2) is 0 Å². The number of nitrogens with two attached hydrogens (primary N) is 1. The predicted octanol–water partition coefficient (Wildman–Crippen LogP) is 4.04. The van der Waals surface area contributed by atoms with Crippen LogP contribution < -0.4 is 10.5 Å². The van der Waals surface area contributed by atoms with Gasteiger partial charge in [0, 0.05) is 19.8 Å². The molecule has 1 heterocycles. The molecule has 1 aliphatic heterocycles. The predicted molar refractivity (Wildman–Crippen MR) is 96.1 cm³/mol. The Labute approximate surface area is 144 Å². The van der Waals surface area contributed by atoms with Crippen LogP contribution in [-0.4, -0.2) is 19.8 Å². The quantitative estimate of drug-likeness (QED) is 0.898. The van der Waals surface area contributed by atoms with Gasteiger partial charge < -0.3 is 15.2 Å². The zero-order valence-corrected chi connectivity index (χ0v) is 14.1. The standard InChI is InChI=1S/C19H23NO2.ClH/c20-13-16-3-1-4-17(11-16)18-5-2-6-19(12-18)22-14-15-7-9-21-10-8-15;/h1-6,11-12,15H,7-10,13-14,20H2;1H. The summed E-state index contributed by atoms with van der Waals surface area (Å²) in [5.74, 6) is 1.54. The van der Waals surface area contributed by atoms with Crippen molar-refractivity contribution in [3.63, 3.8) is 0 Å². The van der Waals surface area contributed by atoms with E-state index in [1.54, 1.807) is 0 Å². The second-order valence-electron chi connectivity index (χ2n) is 5.80. The fourth-order valence-corrected chi connectivity index (χ4v) is 2.77. The van der Waals surface area contributed by atoms with Gasteiger partial charge in [0.2, 0.25) is 0 Å². The van der Waals surface area contributed by atoms with Crippen LogP contribution in [0.5, 0.6) is 5.75 Å². The van der Waals surface area contributed by atoms with E-state index in [-0.39, 0.29) is 12.4 Å². The van der Waals surface area contributed by atoms with Crippen molar-refractivity contribution in [1.82, 2.24) is 0 Å². The average molecular weight is 334 g/mol. The van der Waals surface area contributed by atoms with Gasteiger partial charge in [-0.2, -0.15) is 0 Å². The van der Waals surface area contributed by atoms with Crippen molar-refractivity contribution in [1.29, 1.82) is 0 Å². The Bertz CT molecular complexity index is 612. The second-order valence-corrected chi connectivity index (χ2v) is 5.80. The van der Waals surface area contributed by atoms with Gasteiger partial charge >= 0.3 is 0 Å². The molecule has 0 aromatic heterocycles. The minimum absolute atomic E-state index is 0. The fraction of sp³-hybridized carbons (Fsp3) is 0.368. The number of ether oxygens (including phenoxy) is 2. The Kier molecular flexibility index (Phi) is 6.90. The summed E-state index contributed by atoms with van der Waals surface area (Å²) >= 11 is 0. The lowest BCUT2D eigenvalue weighted by Gasteiger charge is -2.22. The normalized spacial score (nSPS) is 15.0. The molecule has 3 nitrogen and oxygen atoms in total. The molecule has 0 amide bonds. The summed E-state index contributed by atoms with van der Waals surface area (Å²) in [5, 5.41) is 0. The van der Waals surface area contributed by atoms with Gasteiger partial charge in [-0.05, 0) is 53.6 Å². The maximum atomic E-state index is 5.98. The van der Waals surface area contributed by atoms with Gasteiger partial charge in [-0.3, -0.25) is 0 Å². The molecule has 2 aromatic rings. The lowest BCUT2D eigenvalue weighted by molar-refractivity contribution is 0.0497. The van der Waals surface area contributed by atoms with Gasteiger partial charge in [-0.1, -0.05) is 30.3 Å². The zero-order valence-electron chi connectivity index (χ0n) is 13.2. The molecular weight excluding hydrogens is 310 g/mol. The van der Waals surface area contributed by atoms with E-state index in [2.05, 4.69) is 30.3 Å². The van der Waals surface area contributed by atoms with Crippen molar-refractivity contribution in [2.45, 2.75) is 19.4 Å². The summed E-state index contributed by atoms with van der Waals surface area (Å²) in [4.78, 5) is 0. The Morgan fingerprint density at radius 3 is 2.43 bits per heavy atom. The van der Waals surface area contributed by atoms with Crippen LogP contribution in [0.3, 0.4) is 0 Å². The van der Waals surface area contributed by atoms with Crippen molar-refractivity contribution in [3.8, 4) is 16.9 Å². The SMILES string of the molecule is Cl.NCc1cccc(-c2cccc(OCC3CCOCC3)c2)c1. The molecule has 0 unspecified atom stereocenters. The van der Waals surface area contributed by atoms with Gasteiger partial charge in [0.25, 0.3) is 0 Å². The summed E-state index contributed by atoms with van der Waals surface area (Å²) in [5.41, 5.74) is 9.21. The van der Waals surface area contributed by atoms with E-state index in [0.29, 0.717) is 12.5 Å². The van der Waals surface area contributed by atoms with Crippen molar-refractivity contribution in [2.75, 3.05) is 19.8 Å². The molecule has 0 saturated carbocycles. The van der Waals surface area contributed by atoms with Crippen molar-refractivity contribution in [2.24, 2.45) is 11.7 Å². The first-order valence-corrected chi connectivity index (χ1v) is 7.95. The van der Waals surface area contributed by atoms with Crippen LogP contribution in [0.25, 0.3) is 11.1 Å². The Morgan fingerprint density at radius 1 is 1.00 bits per heavy atom. The van der Waals surface area contributed by atoms with Crippen molar-refractivity contribution in [3.05, 3.63) is 54.1 Å². The summed E-state index contributed by atoms with van der Waals surface area (Å²) in [6.45, 7) is 3.06. The van der Waals surface area contributed by atoms with Crippen LogP contribution >= 0.6 is 12.4 Å². The van der Waals surface area contributed by atoms with E-state index < -0.39 is 0 Å². The van der Waals surface area contributed by atoms with Gasteiger partial charge in [-0.25, -0.2) is 0 Å².